The van der Waals surface area contributed by atoms with Crippen molar-refractivity contribution < 1.29 is 18.3 Å². The fraction of sp³-hybridized carbons (Fsp3) is 0.143. The third-order valence-electron chi connectivity index (χ3n) is 13.8. The van der Waals surface area contributed by atoms with Crippen LogP contribution in [0.25, 0.3) is 110 Å². The molecule has 6 heteroatoms. The SMILES string of the molecule is c1ccc2c(c1)c1ccc(C3CCCO3)cc1n2-c1ccc2oc3ccc(-c4ccc5oc6ccc(-n7c8ccccc8c8ccc(C9CCCO9)cc87)cc6c5c4)cc3c2c1. The second-order valence-electron chi connectivity index (χ2n) is 17.2. The third-order valence-corrected chi connectivity index (χ3v) is 13.8. The van der Waals surface area contributed by atoms with E-state index >= 15 is 0 Å². The first kappa shape index (κ1) is 34.6. The summed E-state index contributed by atoms with van der Waals surface area (Å²) >= 11 is 0. The molecule has 2 unspecified atom stereocenters. The first-order chi connectivity index (χ1) is 30.7. The molecule has 0 radical (unpaired) electrons. The van der Waals surface area contributed by atoms with Gasteiger partial charge in [0.05, 0.1) is 34.3 Å². The largest absolute Gasteiger partial charge is 0.456 e. The van der Waals surface area contributed by atoms with Crippen LogP contribution in [-0.4, -0.2) is 22.3 Å². The molecule has 2 fully saturated rings. The Kier molecular flexibility index (Phi) is 7.36. The van der Waals surface area contributed by atoms with Crippen LogP contribution in [0.15, 0.2) is 167 Å². The average molecular weight is 805 g/mol. The maximum Gasteiger partial charge on any atom is 0.135 e. The van der Waals surface area contributed by atoms with E-state index in [2.05, 4.69) is 167 Å². The van der Waals surface area contributed by atoms with Gasteiger partial charge in [0.2, 0.25) is 0 Å². The van der Waals surface area contributed by atoms with Crippen LogP contribution in [0, 0.1) is 0 Å². The van der Waals surface area contributed by atoms with E-state index in [4.69, 9.17) is 18.3 Å². The van der Waals surface area contributed by atoms with E-state index in [1.54, 1.807) is 0 Å². The molecule has 0 amide bonds. The van der Waals surface area contributed by atoms with Crippen LogP contribution in [0.4, 0.5) is 0 Å². The van der Waals surface area contributed by atoms with Crippen molar-refractivity contribution in [1.82, 2.24) is 9.13 Å². The van der Waals surface area contributed by atoms with Crippen LogP contribution in [-0.2, 0) is 9.47 Å². The fourth-order valence-corrected chi connectivity index (χ4v) is 10.8. The molecule has 62 heavy (non-hydrogen) atoms. The fourth-order valence-electron chi connectivity index (χ4n) is 10.8. The van der Waals surface area contributed by atoms with Crippen LogP contribution in [0.2, 0.25) is 0 Å². The van der Waals surface area contributed by atoms with Crippen molar-refractivity contribution >= 4 is 87.5 Å². The summed E-state index contributed by atoms with van der Waals surface area (Å²) in [6.07, 6.45) is 4.63. The van der Waals surface area contributed by atoms with Gasteiger partial charge >= 0.3 is 0 Å². The zero-order chi connectivity index (χ0) is 40.5. The minimum Gasteiger partial charge on any atom is -0.456 e. The number of hydrogen-bond acceptors (Lipinski definition) is 4. The molecule has 6 heterocycles. The first-order valence-electron chi connectivity index (χ1n) is 21.9. The number of hydrogen-bond donors (Lipinski definition) is 0. The van der Waals surface area contributed by atoms with Gasteiger partial charge in [0, 0.05) is 67.7 Å². The van der Waals surface area contributed by atoms with Crippen molar-refractivity contribution in [2.45, 2.75) is 37.9 Å². The summed E-state index contributed by atoms with van der Waals surface area (Å²) in [7, 11) is 0. The van der Waals surface area contributed by atoms with E-state index in [1.807, 2.05) is 0 Å². The molecule has 2 aliphatic rings. The van der Waals surface area contributed by atoms with Gasteiger partial charge in [-0.05, 0) is 133 Å². The molecule has 298 valence electrons. The average Bonchev–Trinajstić information content (AvgIpc) is 4.19. The lowest BCUT2D eigenvalue weighted by atomic mass is 10.0. The zero-order valence-electron chi connectivity index (χ0n) is 33.9. The molecule has 6 nitrogen and oxygen atoms in total. The number of benzene rings is 8. The summed E-state index contributed by atoms with van der Waals surface area (Å²) < 4.78 is 30.0. The second kappa shape index (κ2) is 13.2. The maximum atomic E-state index is 6.49. The molecular weight excluding hydrogens is 765 g/mol. The number of aromatic nitrogens is 2. The van der Waals surface area contributed by atoms with Crippen molar-refractivity contribution in [3.8, 4) is 22.5 Å². The van der Waals surface area contributed by atoms with Gasteiger partial charge in [0.25, 0.3) is 0 Å². The predicted molar refractivity (Wildman–Crippen MR) is 251 cm³/mol. The molecule has 2 aliphatic heterocycles. The van der Waals surface area contributed by atoms with E-state index in [-0.39, 0.29) is 12.2 Å². The minimum absolute atomic E-state index is 0.149. The van der Waals surface area contributed by atoms with Crippen LogP contribution >= 0.6 is 0 Å². The van der Waals surface area contributed by atoms with Gasteiger partial charge in [-0.15, -0.1) is 0 Å². The molecular formula is C56H40N2O4. The van der Waals surface area contributed by atoms with E-state index in [0.717, 1.165) is 105 Å². The lowest BCUT2D eigenvalue weighted by molar-refractivity contribution is 0.112. The van der Waals surface area contributed by atoms with Gasteiger partial charge in [-0.3, -0.25) is 0 Å². The second-order valence-corrected chi connectivity index (χ2v) is 17.2. The quantitative estimate of drug-likeness (QED) is 0.174. The highest BCUT2D eigenvalue weighted by Gasteiger charge is 2.23. The number of ether oxygens (including phenoxy) is 2. The Morgan fingerprint density at radius 1 is 0.355 bits per heavy atom. The Hall–Kier alpha value is -7.12. The number of para-hydroxylation sites is 2. The van der Waals surface area contributed by atoms with Crippen LogP contribution in [0.1, 0.15) is 49.0 Å². The Balaban J connectivity index is 0.895. The molecule has 0 bridgehead atoms. The Morgan fingerprint density at radius 3 is 1.23 bits per heavy atom. The molecule has 2 atom stereocenters. The minimum atomic E-state index is 0.149. The van der Waals surface area contributed by atoms with E-state index < -0.39 is 0 Å². The topological polar surface area (TPSA) is 54.6 Å². The highest BCUT2D eigenvalue weighted by Crippen LogP contribution is 2.42. The highest BCUT2D eigenvalue weighted by molar-refractivity contribution is 6.13. The van der Waals surface area contributed by atoms with Crippen molar-refractivity contribution in [3.05, 3.63) is 169 Å². The number of nitrogens with zero attached hydrogens (tertiary/aromatic N) is 2. The molecule has 4 aromatic heterocycles. The van der Waals surface area contributed by atoms with Crippen molar-refractivity contribution in [3.63, 3.8) is 0 Å². The van der Waals surface area contributed by atoms with Gasteiger partial charge in [-0.1, -0.05) is 72.8 Å². The molecule has 0 aliphatic carbocycles. The number of rotatable bonds is 5. The lowest BCUT2D eigenvalue weighted by Gasteiger charge is -2.12. The van der Waals surface area contributed by atoms with Crippen molar-refractivity contribution in [2.75, 3.05) is 13.2 Å². The zero-order valence-corrected chi connectivity index (χ0v) is 33.9. The smallest absolute Gasteiger partial charge is 0.135 e. The molecule has 0 N–H and O–H groups in total. The summed E-state index contributed by atoms with van der Waals surface area (Å²) in [5, 5.41) is 9.34. The molecule has 0 saturated carbocycles. The van der Waals surface area contributed by atoms with Crippen LogP contribution in [0.5, 0.6) is 0 Å². The molecule has 12 aromatic rings. The lowest BCUT2D eigenvalue weighted by Crippen LogP contribution is -1.97. The molecule has 0 spiro atoms. The van der Waals surface area contributed by atoms with Crippen LogP contribution in [0.3, 0.4) is 0 Å². The predicted octanol–water partition coefficient (Wildman–Crippen LogP) is 15.0. The summed E-state index contributed by atoms with van der Waals surface area (Å²) in [5.74, 6) is 0. The van der Waals surface area contributed by atoms with E-state index in [9.17, 15) is 0 Å². The standard InChI is InChI=1S/C56H40N2O4/c1-3-9-47-39(7-1)41-19-13-35(51-11-5-25-59-51)29-49(41)57(47)37-17-23-55-45(31-37)43-27-33(15-21-53(43)61-55)34-16-22-54-44(28-34)46-32-38(18-24-56(46)62-54)58-48-10-4-2-8-40(48)42-20-14-36(30-50(42)58)52-12-6-26-60-52/h1-4,7-10,13-24,27-32,51-52H,5-6,11-12,25-26H2. The van der Waals surface area contributed by atoms with E-state index in [1.165, 1.54) is 54.7 Å². The normalized spacial score (nSPS) is 17.2. The van der Waals surface area contributed by atoms with E-state index in [0.29, 0.717) is 0 Å². The molecule has 2 saturated heterocycles. The monoisotopic (exact) mass is 804 g/mol. The number of fused-ring (bicyclic) bond motifs is 12. The van der Waals surface area contributed by atoms with Gasteiger partial charge in [-0.2, -0.15) is 0 Å². The Labute approximate surface area is 356 Å². The summed E-state index contributed by atoms with van der Waals surface area (Å²) in [5.41, 5.74) is 15.2. The number of furan rings is 2. The van der Waals surface area contributed by atoms with Gasteiger partial charge in [0.1, 0.15) is 22.3 Å². The Bertz CT molecular complexity index is 3540. The summed E-state index contributed by atoms with van der Waals surface area (Å²) in [6, 6.07) is 57.5. The molecule has 8 aromatic carbocycles. The first-order valence-corrected chi connectivity index (χ1v) is 21.9. The van der Waals surface area contributed by atoms with Gasteiger partial charge in [-0.25, -0.2) is 0 Å². The summed E-state index contributed by atoms with van der Waals surface area (Å²) in [4.78, 5) is 0. The third kappa shape index (κ3) is 5.11. The van der Waals surface area contributed by atoms with Gasteiger partial charge < -0.3 is 27.4 Å². The molecule has 14 rings (SSSR count). The highest BCUT2D eigenvalue weighted by atomic mass is 16.5. The maximum absolute atomic E-state index is 6.49. The Morgan fingerprint density at radius 2 is 0.774 bits per heavy atom. The van der Waals surface area contributed by atoms with Gasteiger partial charge in [0.15, 0.2) is 0 Å². The van der Waals surface area contributed by atoms with Crippen molar-refractivity contribution in [1.29, 1.82) is 0 Å². The summed E-state index contributed by atoms with van der Waals surface area (Å²) in [6.45, 7) is 1.65. The van der Waals surface area contributed by atoms with Crippen molar-refractivity contribution in [2.24, 2.45) is 0 Å². The van der Waals surface area contributed by atoms with Crippen LogP contribution < -0.4 is 0 Å².